The van der Waals surface area contributed by atoms with Crippen LogP contribution in [0.15, 0.2) is 18.2 Å². The molecule has 5 heteroatoms. The molecular weight excluding hydrogens is 295 g/mol. The maximum Gasteiger partial charge on any atom is 0.222 e. The van der Waals surface area contributed by atoms with Crippen LogP contribution < -0.4 is 0 Å². The quantitative estimate of drug-likeness (QED) is 0.854. The summed E-state index contributed by atoms with van der Waals surface area (Å²) in [4.78, 5) is 14.0. The van der Waals surface area contributed by atoms with Crippen molar-refractivity contribution in [3.8, 4) is 6.07 Å². The Balaban J connectivity index is 1.83. The second-order valence-corrected chi connectivity index (χ2v) is 5.85. The Morgan fingerprint density at radius 3 is 2.60 bits per heavy atom. The first-order valence-electron chi connectivity index (χ1n) is 6.71. The molecule has 1 saturated heterocycles. The minimum atomic E-state index is 0.106. The van der Waals surface area contributed by atoms with Gasteiger partial charge in [-0.15, -0.1) is 0 Å². The summed E-state index contributed by atoms with van der Waals surface area (Å²) in [5.74, 6) is 0.251. The first kappa shape index (κ1) is 15.2. The smallest absolute Gasteiger partial charge is 0.222 e. The van der Waals surface area contributed by atoms with Crippen LogP contribution in [0, 0.1) is 17.2 Å². The van der Waals surface area contributed by atoms with Crippen LogP contribution in [-0.4, -0.2) is 23.9 Å². The maximum absolute atomic E-state index is 12.1. The van der Waals surface area contributed by atoms with Crippen molar-refractivity contribution >= 4 is 29.1 Å². The van der Waals surface area contributed by atoms with Crippen LogP contribution in [0.4, 0.5) is 0 Å². The summed E-state index contributed by atoms with van der Waals surface area (Å²) < 4.78 is 0. The number of nitrogens with zero attached hydrogens (tertiary/aromatic N) is 2. The number of piperidine rings is 1. The summed E-state index contributed by atoms with van der Waals surface area (Å²) in [6, 6.07) is 7.72. The lowest BCUT2D eigenvalue weighted by Crippen LogP contribution is -2.38. The van der Waals surface area contributed by atoms with Gasteiger partial charge >= 0.3 is 0 Å². The van der Waals surface area contributed by atoms with E-state index in [0.717, 1.165) is 18.4 Å². The highest BCUT2D eigenvalue weighted by molar-refractivity contribution is 6.42. The number of benzene rings is 1. The maximum atomic E-state index is 12.1. The number of halogens is 2. The molecule has 1 fully saturated rings. The van der Waals surface area contributed by atoms with E-state index in [4.69, 9.17) is 28.5 Å². The molecule has 0 radical (unpaired) electrons. The van der Waals surface area contributed by atoms with Gasteiger partial charge in [-0.3, -0.25) is 4.79 Å². The number of amides is 1. The number of likely N-dealkylation sites (tertiary alicyclic amines) is 1. The van der Waals surface area contributed by atoms with E-state index in [-0.39, 0.29) is 11.8 Å². The summed E-state index contributed by atoms with van der Waals surface area (Å²) in [7, 11) is 0. The fourth-order valence-corrected chi connectivity index (χ4v) is 2.68. The van der Waals surface area contributed by atoms with E-state index >= 15 is 0 Å². The van der Waals surface area contributed by atoms with Gasteiger partial charge in [-0.25, -0.2) is 0 Å². The van der Waals surface area contributed by atoms with Crippen molar-refractivity contribution in [2.24, 2.45) is 5.92 Å². The number of aryl methyl sites for hydroxylation is 1. The summed E-state index contributed by atoms with van der Waals surface area (Å²) >= 11 is 11.8. The van der Waals surface area contributed by atoms with Gasteiger partial charge in [0.05, 0.1) is 16.1 Å². The van der Waals surface area contributed by atoms with Gasteiger partial charge < -0.3 is 4.90 Å². The van der Waals surface area contributed by atoms with E-state index in [9.17, 15) is 4.79 Å². The van der Waals surface area contributed by atoms with Gasteiger partial charge in [0.15, 0.2) is 0 Å². The molecule has 1 heterocycles. The first-order valence-corrected chi connectivity index (χ1v) is 7.47. The second kappa shape index (κ2) is 6.97. The van der Waals surface area contributed by atoms with Crippen molar-refractivity contribution in [1.82, 2.24) is 4.90 Å². The van der Waals surface area contributed by atoms with Crippen molar-refractivity contribution < 1.29 is 4.79 Å². The number of rotatable bonds is 3. The van der Waals surface area contributed by atoms with Crippen LogP contribution in [0.1, 0.15) is 24.8 Å². The molecule has 0 unspecified atom stereocenters. The Kier molecular flexibility index (Phi) is 5.28. The summed E-state index contributed by atoms with van der Waals surface area (Å²) in [6.07, 6.45) is 2.70. The SMILES string of the molecule is N#CC1CCN(C(=O)CCc2ccc(Cl)c(Cl)c2)CC1. The van der Waals surface area contributed by atoms with Crippen LogP contribution >= 0.6 is 23.2 Å². The molecule has 0 N–H and O–H groups in total. The predicted molar refractivity (Wildman–Crippen MR) is 79.7 cm³/mol. The minimum Gasteiger partial charge on any atom is -0.343 e. The first-order chi connectivity index (χ1) is 9.60. The van der Waals surface area contributed by atoms with Gasteiger partial charge in [-0.05, 0) is 37.0 Å². The van der Waals surface area contributed by atoms with Crippen molar-refractivity contribution in [2.75, 3.05) is 13.1 Å². The molecule has 106 valence electrons. The molecule has 0 saturated carbocycles. The van der Waals surface area contributed by atoms with Crippen LogP contribution in [0.3, 0.4) is 0 Å². The average molecular weight is 311 g/mol. The molecule has 20 heavy (non-hydrogen) atoms. The zero-order chi connectivity index (χ0) is 14.5. The number of nitriles is 1. The highest BCUT2D eigenvalue weighted by atomic mass is 35.5. The Morgan fingerprint density at radius 1 is 1.30 bits per heavy atom. The van der Waals surface area contributed by atoms with Crippen molar-refractivity contribution in [2.45, 2.75) is 25.7 Å². The topological polar surface area (TPSA) is 44.1 Å². The van der Waals surface area contributed by atoms with E-state index < -0.39 is 0 Å². The number of carbonyl (C=O) groups excluding carboxylic acids is 1. The minimum absolute atomic E-state index is 0.106. The van der Waals surface area contributed by atoms with E-state index in [1.165, 1.54) is 0 Å². The molecule has 0 aliphatic carbocycles. The molecule has 0 bridgehead atoms. The molecule has 2 rings (SSSR count). The fraction of sp³-hybridized carbons (Fsp3) is 0.467. The lowest BCUT2D eigenvalue weighted by molar-refractivity contribution is -0.132. The Bertz CT molecular complexity index is 531. The van der Waals surface area contributed by atoms with E-state index in [0.29, 0.717) is 36.0 Å². The fourth-order valence-electron chi connectivity index (χ4n) is 2.36. The normalized spacial score (nSPS) is 15.9. The van der Waals surface area contributed by atoms with Crippen LogP contribution in [0.5, 0.6) is 0 Å². The van der Waals surface area contributed by atoms with Crippen LogP contribution in [-0.2, 0) is 11.2 Å². The van der Waals surface area contributed by atoms with Crippen molar-refractivity contribution in [3.05, 3.63) is 33.8 Å². The third-order valence-corrected chi connectivity index (χ3v) is 4.38. The van der Waals surface area contributed by atoms with E-state index in [1.54, 1.807) is 12.1 Å². The molecule has 0 aromatic heterocycles. The third-order valence-electron chi connectivity index (χ3n) is 3.64. The highest BCUT2D eigenvalue weighted by Gasteiger charge is 2.22. The predicted octanol–water partition coefficient (Wildman–Crippen LogP) is 3.69. The highest BCUT2D eigenvalue weighted by Crippen LogP contribution is 2.23. The van der Waals surface area contributed by atoms with Crippen molar-refractivity contribution in [1.29, 1.82) is 5.26 Å². The molecule has 1 aromatic carbocycles. The van der Waals surface area contributed by atoms with Gasteiger partial charge in [-0.1, -0.05) is 29.3 Å². The Hall–Kier alpha value is -1.24. The van der Waals surface area contributed by atoms with Crippen molar-refractivity contribution in [3.63, 3.8) is 0 Å². The second-order valence-electron chi connectivity index (χ2n) is 5.03. The zero-order valence-electron chi connectivity index (χ0n) is 11.1. The molecular formula is C15H16Cl2N2O. The zero-order valence-corrected chi connectivity index (χ0v) is 12.6. The molecule has 1 aliphatic rings. The van der Waals surface area contributed by atoms with E-state index in [2.05, 4.69) is 6.07 Å². The number of hydrogen-bond donors (Lipinski definition) is 0. The summed E-state index contributed by atoms with van der Waals surface area (Å²) in [6.45, 7) is 1.39. The molecule has 3 nitrogen and oxygen atoms in total. The van der Waals surface area contributed by atoms with Gasteiger partial charge in [0.25, 0.3) is 0 Å². The molecule has 0 spiro atoms. The largest absolute Gasteiger partial charge is 0.343 e. The molecule has 0 atom stereocenters. The van der Waals surface area contributed by atoms with Crippen LogP contribution in [0.2, 0.25) is 10.0 Å². The summed E-state index contributed by atoms with van der Waals surface area (Å²) in [5.41, 5.74) is 1.01. The summed E-state index contributed by atoms with van der Waals surface area (Å²) in [5, 5.41) is 9.89. The molecule has 1 aliphatic heterocycles. The standard InChI is InChI=1S/C15H16Cl2N2O/c16-13-3-1-11(9-14(13)17)2-4-15(20)19-7-5-12(10-18)6-8-19/h1,3,9,12H,2,4-8H2. The van der Waals surface area contributed by atoms with E-state index in [1.807, 2.05) is 11.0 Å². The number of carbonyl (C=O) groups is 1. The Labute approximate surface area is 129 Å². The third kappa shape index (κ3) is 3.88. The average Bonchev–Trinajstić information content (AvgIpc) is 2.48. The number of hydrogen-bond acceptors (Lipinski definition) is 2. The molecule has 1 amide bonds. The molecule has 1 aromatic rings. The lowest BCUT2D eigenvalue weighted by Gasteiger charge is -2.29. The van der Waals surface area contributed by atoms with Gasteiger partial charge in [-0.2, -0.15) is 5.26 Å². The van der Waals surface area contributed by atoms with Crippen LogP contribution in [0.25, 0.3) is 0 Å². The monoisotopic (exact) mass is 310 g/mol. The van der Waals surface area contributed by atoms with Gasteiger partial charge in [0.1, 0.15) is 0 Å². The Morgan fingerprint density at radius 2 is 2.00 bits per heavy atom. The van der Waals surface area contributed by atoms with Gasteiger partial charge in [0, 0.05) is 25.4 Å². The lowest BCUT2D eigenvalue weighted by atomic mass is 9.98. The van der Waals surface area contributed by atoms with Gasteiger partial charge in [0.2, 0.25) is 5.91 Å².